The summed E-state index contributed by atoms with van der Waals surface area (Å²) in [4.78, 5) is 4.12. The minimum atomic E-state index is -4.20. The zero-order valence-corrected chi connectivity index (χ0v) is 12.6. The molecule has 0 atom stereocenters. The smallest absolute Gasteiger partial charge is 0.325 e. The van der Waals surface area contributed by atoms with Gasteiger partial charge in [0.05, 0.1) is 6.54 Å². The molecule has 5 rings (SSSR count). The third-order valence-corrected chi connectivity index (χ3v) is 5.81. The fourth-order valence-corrected chi connectivity index (χ4v) is 5.44. The van der Waals surface area contributed by atoms with Crippen LogP contribution >= 0.6 is 0 Å². The van der Waals surface area contributed by atoms with Crippen LogP contribution in [0.4, 0.5) is 13.2 Å². The van der Waals surface area contributed by atoms with E-state index in [4.69, 9.17) is 0 Å². The molecule has 1 N–H and O–H groups in total. The van der Waals surface area contributed by atoms with Gasteiger partial charge < -0.3 is 9.88 Å². The maximum atomic E-state index is 12.6. The van der Waals surface area contributed by atoms with Gasteiger partial charge in [0.2, 0.25) is 0 Å². The zero-order chi connectivity index (χ0) is 15.4. The van der Waals surface area contributed by atoms with Crippen LogP contribution in [-0.4, -0.2) is 21.3 Å². The Kier molecular flexibility index (Phi) is 3.29. The first-order valence-electron chi connectivity index (χ1n) is 8.23. The topological polar surface area (TPSA) is 29.9 Å². The van der Waals surface area contributed by atoms with Crippen molar-refractivity contribution in [1.29, 1.82) is 0 Å². The quantitative estimate of drug-likeness (QED) is 0.922. The first kappa shape index (κ1) is 14.5. The molecule has 0 saturated heterocycles. The van der Waals surface area contributed by atoms with Crippen LogP contribution < -0.4 is 5.32 Å². The monoisotopic (exact) mass is 313 g/mol. The van der Waals surface area contributed by atoms with Gasteiger partial charge in [0, 0.05) is 17.9 Å². The molecule has 1 heterocycles. The fourth-order valence-electron chi connectivity index (χ4n) is 5.44. The molecule has 22 heavy (non-hydrogen) atoms. The van der Waals surface area contributed by atoms with Crippen molar-refractivity contribution in [2.75, 3.05) is 0 Å². The van der Waals surface area contributed by atoms with Crippen LogP contribution in [0.2, 0.25) is 0 Å². The van der Waals surface area contributed by atoms with Crippen LogP contribution in [-0.2, 0) is 13.1 Å². The molecule has 4 bridgehead atoms. The molecule has 4 aliphatic carbocycles. The number of rotatable bonds is 4. The van der Waals surface area contributed by atoms with E-state index in [1.807, 2.05) is 0 Å². The van der Waals surface area contributed by atoms with Gasteiger partial charge in [-0.3, -0.25) is 0 Å². The Labute approximate surface area is 128 Å². The van der Waals surface area contributed by atoms with E-state index < -0.39 is 12.7 Å². The number of imidazole rings is 1. The molecule has 0 amide bonds. The largest absolute Gasteiger partial charge is 0.406 e. The van der Waals surface area contributed by atoms with Gasteiger partial charge >= 0.3 is 6.18 Å². The van der Waals surface area contributed by atoms with Gasteiger partial charge in [0.15, 0.2) is 0 Å². The maximum Gasteiger partial charge on any atom is 0.406 e. The molecule has 4 aliphatic rings. The van der Waals surface area contributed by atoms with Gasteiger partial charge in [0.1, 0.15) is 12.4 Å². The highest BCUT2D eigenvalue weighted by Crippen LogP contribution is 2.55. The highest BCUT2D eigenvalue weighted by Gasteiger charge is 2.50. The first-order valence-corrected chi connectivity index (χ1v) is 8.23. The van der Waals surface area contributed by atoms with Gasteiger partial charge in [-0.15, -0.1) is 0 Å². The average Bonchev–Trinajstić information content (AvgIpc) is 2.80. The standard InChI is InChI=1S/C16H22F3N3/c17-16(18,19)10-22-2-1-20-14(22)9-21-15-6-11-3-12(7-15)5-13(4-11)8-15/h1-2,11-13,21H,3-10H2. The predicted molar refractivity (Wildman–Crippen MR) is 76.0 cm³/mol. The number of nitrogens with one attached hydrogen (secondary N) is 1. The van der Waals surface area contributed by atoms with Crippen molar-refractivity contribution in [3.8, 4) is 0 Å². The molecule has 1 aromatic rings. The summed E-state index contributed by atoms with van der Waals surface area (Å²) in [7, 11) is 0. The Morgan fingerprint density at radius 2 is 1.73 bits per heavy atom. The van der Waals surface area contributed by atoms with E-state index in [0.29, 0.717) is 12.4 Å². The lowest BCUT2D eigenvalue weighted by Gasteiger charge is -2.57. The number of hydrogen-bond acceptors (Lipinski definition) is 2. The van der Waals surface area contributed by atoms with Crippen LogP contribution in [0.3, 0.4) is 0 Å². The minimum absolute atomic E-state index is 0.157. The van der Waals surface area contributed by atoms with E-state index in [9.17, 15) is 13.2 Å². The van der Waals surface area contributed by atoms with E-state index in [0.717, 1.165) is 17.8 Å². The summed E-state index contributed by atoms with van der Waals surface area (Å²) in [5.41, 5.74) is 0.157. The van der Waals surface area contributed by atoms with Gasteiger partial charge in [-0.05, 0) is 56.3 Å². The maximum absolute atomic E-state index is 12.6. The van der Waals surface area contributed by atoms with E-state index >= 15 is 0 Å². The average molecular weight is 313 g/mol. The lowest BCUT2D eigenvalue weighted by atomic mass is 9.53. The van der Waals surface area contributed by atoms with E-state index in [-0.39, 0.29) is 5.54 Å². The normalized spacial score (nSPS) is 37.0. The molecular weight excluding hydrogens is 291 g/mol. The Morgan fingerprint density at radius 1 is 1.14 bits per heavy atom. The van der Waals surface area contributed by atoms with Gasteiger partial charge in [-0.2, -0.15) is 13.2 Å². The highest BCUT2D eigenvalue weighted by molar-refractivity contribution is 5.07. The number of hydrogen-bond donors (Lipinski definition) is 1. The molecule has 0 spiro atoms. The second-order valence-electron chi connectivity index (χ2n) is 7.64. The zero-order valence-electron chi connectivity index (χ0n) is 12.6. The second-order valence-corrected chi connectivity index (χ2v) is 7.64. The number of alkyl halides is 3. The number of nitrogens with zero attached hydrogens (tertiary/aromatic N) is 2. The van der Waals surface area contributed by atoms with E-state index in [1.54, 1.807) is 0 Å². The summed E-state index contributed by atoms with van der Waals surface area (Å²) < 4.78 is 39.0. The molecule has 0 aliphatic heterocycles. The van der Waals surface area contributed by atoms with Crippen molar-refractivity contribution >= 4 is 0 Å². The minimum Gasteiger partial charge on any atom is -0.325 e. The van der Waals surface area contributed by atoms with E-state index in [2.05, 4.69) is 10.3 Å². The van der Waals surface area contributed by atoms with Crippen LogP contribution in [0, 0.1) is 17.8 Å². The Hall–Kier alpha value is -1.04. The molecule has 0 unspecified atom stereocenters. The van der Waals surface area contributed by atoms with Crippen molar-refractivity contribution in [3.05, 3.63) is 18.2 Å². The summed E-state index contributed by atoms with van der Waals surface area (Å²) in [6.45, 7) is -0.514. The molecule has 6 heteroatoms. The Morgan fingerprint density at radius 3 is 2.27 bits per heavy atom. The predicted octanol–water partition coefficient (Wildman–Crippen LogP) is 3.50. The van der Waals surface area contributed by atoms with Crippen LogP contribution in [0.15, 0.2) is 12.4 Å². The van der Waals surface area contributed by atoms with Gasteiger partial charge in [-0.25, -0.2) is 4.98 Å². The Balaban J connectivity index is 1.44. The molecule has 0 aromatic carbocycles. The van der Waals surface area contributed by atoms with Gasteiger partial charge in [0.25, 0.3) is 0 Å². The summed E-state index contributed by atoms with van der Waals surface area (Å²) in [5, 5.41) is 3.61. The lowest BCUT2D eigenvalue weighted by molar-refractivity contribution is -0.141. The van der Waals surface area contributed by atoms with Crippen molar-refractivity contribution in [3.63, 3.8) is 0 Å². The number of aromatic nitrogens is 2. The van der Waals surface area contributed by atoms with Crippen molar-refractivity contribution in [1.82, 2.24) is 14.9 Å². The van der Waals surface area contributed by atoms with Gasteiger partial charge in [-0.1, -0.05) is 0 Å². The third-order valence-electron chi connectivity index (χ3n) is 5.81. The summed E-state index contributed by atoms with van der Waals surface area (Å²) in [6, 6.07) is 0. The van der Waals surface area contributed by atoms with Crippen molar-refractivity contribution in [2.45, 2.75) is 63.3 Å². The van der Waals surface area contributed by atoms with Crippen molar-refractivity contribution in [2.24, 2.45) is 17.8 Å². The number of halogens is 3. The Bertz CT molecular complexity index is 514. The molecule has 1 aromatic heterocycles. The van der Waals surface area contributed by atoms with Crippen LogP contribution in [0.5, 0.6) is 0 Å². The van der Waals surface area contributed by atoms with Crippen molar-refractivity contribution < 1.29 is 13.2 Å². The fraction of sp³-hybridized carbons (Fsp3) is 0.812. The lowest BCUT2D eigenvalue weighted by Crippen LogP contribution is -2.58. The van der Waals surface area contributed by atoms with Crippen LogP contribution in [0.1, 0.15) is 44.3 Å². The highest BCUT2D eigenvalue weighted by atomic mass is 19.4. The molecule has 4 saturated carbocycles. The molecule has 4 fully saturated rings. The molecular formula is C16H22F3N3. The SMILES string of the molecule is FC(F)(F)Cn1ccnc1CNC12CC3CC(CC(C3)C1)C2. The van der Waals surface area contributed by atoms with Crippen LogP contribution in [0.25, 0.3) is 0 Å². The first-order chi connectivity index (χ1) is 10.4. The molecule has 122 valence electrons. The molecule has 3 nitrogen and oxygen atoms in total. The summed E-state index contributed by atoms with van der Waals surface area (Å²) in [6.07, 6.45) is 6.36. The second kappa shape index (κ2) is 4.98. The third kappa shape index (κ3) is 2.77. The van der Waals surface area contributed by atoms with E-state index in [1.165, 1.54) is 55.5 Å². The summed E-state index contributed by atoms with van der Waals surface area (Å²) >= 11 is 0. The summed E-state index contributed by atoms with van der Waals surface area (Å²) in [5.74, 6) is 2.98. The molecule has 0 radical (unpaired) electrons.